The van der Waals surface area contributed by atoms with Crippen LogP contribution in [0.4, 0.5) is 0 Å². The quantitative estimate of drug-likeness (QED) is 0.816. The zero-order valence-electron chi connectivity index (χ0n) is 13.3. The van der Waals surface area contributed by atoms with E-state index in [1.165, 1.54) is 6.33 Å². The van der Waals surface area contributed by atoms with Crippen LogP contribution < -0.4 is 5.46 Å². The predicted molar refractivity (Wildman–Crippen MR) is 86.5 cm³/mol. The third kappa shape index (κ3) is 3.71. The van der Waals surface area contributed by atoms with Gasteiger partial charge in [-0.1, -0.05) is 24.3 Å². The Labute approximate surface area is 131 Å². The van der Waals surface area contributed by atoms with Crippen LogP contribution in [0.2, 0.25) is 0 Å². The highest BCUT2D eigenvalue weighted by Crippen LogP contribution is 2.25. The maximum atomic E-state index is 10.2. The second kappa shape index (κ2) is 6.16. The molecule has 1 aromatic carbocycles. The Morgan fingerprint density at radius 3 is 2.00 bits per heavy atom. The number of aliphatic hydroxyl groups is 1. The van der Waals surface area contributed by atoms with Crippen LogP contribution in [0.25, 0.3) is 11.1 Å². The van der Waals surface area contributed by atoms with Crippen molar-refractivity contribution < 1.29 is 14.8 Å². The van der Waals surface area contributed by atoms with Gasteiger partial charge in [0.2, 0.25) is 0 Å². The number of aromatic nitrogens is 2. The molecule has 0 radical (unpaired) electrons. The van der Waals surface area contributed by atoms with E-state index >= 15 is 0 Å². The van der Waals surface area contributed by atoms with Crippen LogP contribution in [0, 0.1) is 0 Å². The number of hydrogen-bond donors (Lipinski definition) is 2. The van der Waals surface area contributed by atoms with E-state index in [9.17, 15) is 10.1 Å². The summed E-state index contributed by atoms with van der Waals surface area (Å²) in [5, 5.41) is 20.3. The minimum Gasteiger partial charge on any atom is -0.423 e. The number of rotatable bonds is 5. The lowest BCUT2D eigenvalue weighted by Crippen LogP contribution is -2.53. The fourth-order valence-electron chi connectivity index (χ4n) is 1.78. The second-order valence-corrected chi connectivity index (χ2v) is 6.29. The van der Waals surface area contributed by atoms with Crippen LogP contribution in [0.15, 0.2) is 43.0 Å². The van der Waals surface area contributed by atoms with Gasteiger partial charge in [-0.2, -0.15) is 0 Å². The van der Waals surface area contributed by atoms with Gasteiger partial charge in [-0.3, -0.25) is 0 Å². The summed E-state index contributed by atoms with van der Waals surface area (Å²) in [5.41, 5.74) is 0.519. The molecule has 0 atom stereocenters. The van der Waals surface area contributed by atoms with Gasteiger partial charge >= 0.3 is 7.12 Å². The fraction of sp³-hybridized carbons (Fsp3) is 0.375. The van der Waals surface area contributed by atoms with Gasteiger partial charge in [0.05, 0.1) is 11.2 Å². The molecule has 1 heterocycles. The molecule has 0 spiro atoms. The highest BCUT2D eigenvalue weighted by Gasteiger charge is 2.39. The molecule has 0 aliphatic heterocycles. The van der Waals surface area contributed by atoms with Crippen molar-refractivity contribution in [1.82, 2.24) is 9.97 Å². The second-order valence-electron chi connectivity index (χ2n) is 6.29. The first kappa shape index (κ1) is 16.6. The molecule has 2 rings (SSSR count). The summed E-state index contributed by atoms with van der Waals surface area (Å²) in [6, 6.07) is 7.32. The third-order valence-electron chi connectivity index (χ3n) is 3.97. The standard InChI is InChI=1S/C16H21BN2O3/c1-15(2,20)16(3,4)22-17(21)14-7-5-12(6-8-14)13-9-18-11-19-10-13/h5-11,20-21H,1-4H3. The van der Waals surface area contributed by atoms with E-state index in [-0.39, 0.29) is 0 Å². The van der Waals surface area contributed by atoms with Gasteiger partial charge in [-0.15, -0.1) is 0 Å². The lowest BCUT2D eigenvalue weighted by molar-refractivity contribution is -0.0982. The predicted octanol–water partition coefficient (Wildman–Crippen LogP) is 1.40. The van der Waals surface area contributed by atoms with Crippen molar-refractivity contribution in [2.75, 3.05) is 0 Å². The molecule has 5 nitrogen and oxygen atoms in total. The summed E-state index contributed by atoms with van der Waals surface area (Å²) >= 11 is 0. The molecule has 0 bridgehead atoms. The Bertz CT molecular complexity index is 610. The Balaban J connectivity index is 2.14. The molecular formula is C16H21BN2O3. The molecule has 116 valence electrons. The molecule has 2 N–H and O–H groups in total. The Morgan fingerprint density at radius 1 is 0.955 bits per heavy atom. The fourth-order valence-corrected chi connectivity index (χ4v) is 1.78. The van der Waals surface area contributed by atoms with E-state index in [2.05, 4.69) is 9.97 Å². The van der Waals surface area contributed by atoms with Crippen LogP contribution in [0.3, 0.4) is 0 Å². The van der Waals surface area contributed by atoms with Gasteiger partial charge in [0.1, 0.15) is 6.33 Å². The highest BCUT2D eigenvalue weighted by atomic mass is 16.5. The Kier molecular flexibility index (Phi) is 4.65. The average molecular weight is 300 g/mol. The molecule has 0 amide bonds. The molecular weight excluding hydrogens is 279 g/mol. The van der Waals surface area contributed by atoms with Crippen molar-refractivity contribution in [3.63, 3.8) is 0 Å². The normalized spacial score (nSPS) is 12.3. The van der Waals surface area contributed by atoms with Gasteiger partial charge in [0.15, 0.2) is 0 Å². The molecule has 0 fully saturated rings. The van der Waals surface area contributed by atoms with Crippen molar-refractivity contribution >= 4 is 12.6 Å². The van der Waals surface area contributed by atoms with Crippen LogP contribution in [0.5, 0.6) is 0 Å². The average Bonchev–Trinajstić information content (AvgIpc) is 2.47. The Hall–Kier alpha value is -1.76. The lowest BCUT2D eigenvalue weighted by atomic mass is 9.76. The summed E-state index contributed by atoms with van der Waals surface area (Å²) < 4.78 is 5.61. The molecule has 0 saturated heterocycles. The zero-order valence-corrected chi connectivity index (χ0v) is 13.3. The number of benzene rings is 1. The van der Waals surface area contributed by atoms with Crippen molar-refractivity contribution in [2.45, 2.75) is 38.9 Å². The molecule has 22 heavy (non-hydrogen) atoms. The van der Waals surface area contributed by atoms with Gasteiger partial charge < -0.3 is 14.8 Å². The van der Waals surface area contributed by atoms with E-state index in [1.54, 1.807) is 52.2 Å². The summed E-state index contributed by atoms with van der Waals surface area (Å²) in [6.07, 6.45) is 4.94. The molecule has 0 saturated carbocycles. The molecule has 0 aliphatic carbocycles. The summed E-state index contributed by atoms with van der Waals surface area (Å²) in [7, 11) is -1.11. The molecule has 1 aromatic heterocycles. The minimum absolute atomic E-state index is 0.623. The van der Waals surface area contributed by atoms with Crippen LogP contribution in [-0.4, -0.2) is 38.4 Å². The lowest BCUT2D eigenvalue weighted by Gasteiger charge is -2.38. The highest BCUT2D eigenvalue weighted by molar-refractivity contribution is 6.60. The first-order valence-corrected chi connectivity index (χ1v) is 7.14. The van der Waals surface area contributed by atoms with Crippen LogP contribution in [-0.2, 0) is 4.65 Å². The van der Waals surface area contributed by atoms with E-state index < -0.39 is 18.3 Å². The first-order valence-electron chi connectivity index (χ1n) is 7.14. The Morgan fingerprint density at radius 2 is 1.50 bits per heavy atom. The van der Waals surface area contributed by atoms with E-state index in [1.807, 2.05) is 12.1 Å². The van der Waals surface area contributed by atoms with E-state index in [0.29, 0.717) is 5.46 Å². The maximum absolute atomic E-state index is 10.2. The van der Waals surface area contributed by atoms with Gasteiger partial charge in [0, 0.05) is 18.0 Å². The third-order valence-corrected chi connectivity index (χ3v) is 3.97. The van der Waals surface area contributed by atoms with E-state index in [0.717, 1.165) is 11.1 Å². The monoisotopic (exact) mass is 300 g/mol. The topological polar surface area (TPSA) is 75.5 Å². The molecule has 2 aromatic rings. The smallest absolute Gasteiger partial charge is 0.423 e. The maximum Gasteiger partial charge on any atom is 0.491 e. The van der Waals surface area contributed by atoms with Crippen LogP contribution >= 0.6 is 0 Å². The molecule has 0 aliphatic rings. The van der Waals surface area contributed by atoms with Crippen molar-refractivity contribution in [2.24, 2.45) is 0 Å². The largest absolute Gasteiger partial charge is 0.491 e. The zero-order chi connectivity index (χ0) is 16.4. The minimum atomic E-state index is -1.11. The van der Waals surface area contributed by atoms with Gasteiger partial charge in [-0.05, 0) is 38.7 Å². The van der Waals surface area contributed by atoms with Crippen molar-refractivity contribution in [3.05, 3.63) is 43.0 Å². The summed E-state index contributed by atoms with van der Waals surface area (Å²) in [4.78, 5) is 7.96. The van der Waals surface area contributed by atoms with Crippen LogP contribution in [0.1, 0.15) is 27.7 Å². The summed E-state index contributed by atoms with van der Waals surface area (Å²) in [5.74, 6) is 0. The molecule has 6 heteroatoms. The molecule has 0 unspecified atom stereocenters. The van der Waals surface area contributed by atoms with Crippen molar-refractivity contribution in [1.29, 1.82) is 0 Å². The first-order chi connectivity index (χ1) is 10.2. The van der Waals surface area contributed by atoms with Gasteiger partial charge in [0.25, 0.3) is 0 Å². The number of nitrogens with zero attached hydrogens (tertiary/aromatic N) is 2. The number of hydrogen-bond acceptors (Lipinski definition) is 5. The van der Waals surface area contributed by atoms with Crippen molar-refractivity contribution in [3.8, 4) is 11.1 Å². The van der Waals surface area contributed by atoms with E-state index in [4.69, 9.17) is 4.65 Å². The summed E-state index contributed by atoms with van der Waals surface area (Å²) in [6.45, 7) is 6.79. The SMILES string of the molecule is CC(C)(O)C(C)(C)OB(O)c1ccc(-c2cncnc2)cc1. The van der Waals surface area contributed by atoms with Gasteiger partial charge in [-0.25, -0.2) is 9.97 Å².